The smallest absolute Gasteiger partial charge is 0.305 e. The Bertz CT molecular complexity index is 176. The minimum atomic E-state index is 0.605. The van der Waals surface area contributed by atoms with Gasteiger partial charge in [0.15, 0.2) is 6.20 Å². The standard InChI is InChI=1S/C5H2Br2NO/c6-4-1-5(7)3-8(9)2-4/h1-2H. The van der Waals surface area contributed by atoms with Gasteiger partial charge in [0.05, 0.1) is 8.95 Å². The van der Waals surface area contributed by atoms with Crippen molar-refractivity contribution in [2.24, 2.45) is 0 Å². The van der Waals surface area contributed by atoms with Gasteiger partial charge in [-0.1, -0.05) is 0 Å². The van der Waals surface area contributed by atoms with Crippen molar-refractivity contribution in [1.29, 1.82) is 0 Å². The lowest BCUT2D eigenvalue weighted by Crippen LogP contribution is -2.24. The van der Waals surface area contributed by atoms with Gasteiger partial charge in [-0.05, 0) is 37.9 Å². The van der Waals surface area contributed by atoms with Gasteiger partial charge in [-0.25, -0.2) is 0 Å². The maximum absolute atomic E-state index is 10.5. The zero-order valence-electron chi connectivity index (χ0n) is 4.27. The summed E-state index contributed by atoms with van der Waals surface area (Å²) in [6.45, 7) is 0. The summed E-state index contributed by atoms with van der Waals surface area (Å²) in [6.07, 6.45) is 3.84. The van der Waals surface area contributed by atoms with Crippen LogP contribution in [0.3, 0.4) is 0 Å². The lowest BCUT2D eigenvalue weighted by molar-refractivity contribution is -0.611. The largest absolute Gasteiger partial charge is 0.618 e. The second-order valence-electron chi connectivity index (χ2n) is 1.44. The van der Waals surface area contributed by atoms with Crippen LogP contribution in [0.15, 0.2) is 21.2 Å². The van der Waals surface area contributed by atoms with Crippen LogP contribution in [0.1, 0.15) is 0 Å². The number of rotatable bonds is 0. The lowest BCUT2D eigenvalue weighted by Gasteiger charge is -1.93. The average molecular weight is 252 g/mol. The van der Waals surface area contributed by atoms with Crippen molar-refractivity contribution in [3.8, 4) is 0 Å². The minimum Gasteiger partial charge on any atom is -0.618 e. The van der Waals surface area contributed by atoms with Crippen LogP contribution in [-0.2, 0) is 0 Å². The second-order valence-corrected chi connectivity index (χ2v) is 3.21. The molecule has 0 saturated heterocycles. The summed E-state index contributed by atoms with van der Waals surface area (Å²) in [6, 6.07) is 1.74. The molecule has 9 heavy (non-hydrogen) atoms. The zero-order chi connectivity index (χ0) is 6.85. The van der Waals surface area contributed by atoms with E-state index in [1.165, 1.54) is 6.20 Å². The predicted octanol–water partition coefficient (Wildman–Crippen LogP) is 1.65. The molecule has 2 nitrogen and oxygen atoms in total. The van der Waals surface area contributed by atoms with Gasteiger partial charge in [-0.3, -0.25) is 0 Å². The number of pyridine rings is 1. The monoisotopic (exact) mass is 250 g/mol. The first-order valence-electron chi connectivity index (χ1n) is 2.16. The van der Waals surface area contributed by atoms with E-state index in [2.05, 4.69) is 38.1 Å². The van der Waals surface area contributed by atoms with Crippen LogP contribution in [0.2, 0.25) is 0 Å². The minimum absolute atomic E-state index is 0.605. The molecule has 1 heterocycles. The summed E-state index contributed by atoms with van der Waals surface area (Å²) in [5.41, 5.74) is 0. The Kier molecular flexibility index (Phi) is 2.08. The highest BCUT2D eigenvalue weighted by atomic mass is 79.9. The van der Waals surface area contributed by atoms with E-state index >= 15 is 0 Å². The van der Waals surface area contributed by atoms with Crippen molar-refractivity contribution in [2.45, 2.75) is 0 Å². The van der Waals surface area contributed by atoms with Crippen molar-refractivity contribution in [2.75, 3.05) is 0 Å². The van der Waals surface area contributed by atoms with Crippen molar-refractivity contribution >= 4 is 31.9 Å². The van der Waals surface area contributed by atoms with E-state index in [-0.39, 0.29) is 0 Å². The van der Waals surface area contributed by atoms with Crippen LogP contribution < -0.4 is 4.73 Å². The molecule has 0 spiro atoms. The highest BCUT2D eigenvalue weighted by Gasteiger charge is 1.97. The fraction of sp³-hybridized carbons (Fsp3) is 0. The van der Waals surface area contributed by atoms with E-state index in [1.807, 2.05) is 0 Å². The summed E-state index contributed by atoms with van der Waals surface area (Å²) in [5, 5.41) is 10.5. The Morgan fingerprint density at radius 2 is 2.22 bits per heavy atom. The van der Waals surface area contributed by atoms with Crippen LogP contribution >= 0.6 is 31.9 Å². The summed E-state index contributed by atoms with van der Waals surface area (Å²) in [4.78, 5) is 0. The normalized spacial score (nSPS) is 9.56. The van der Waals surface area contributed by atoms with Crippen molar-refractivity contribution in [3.63, 3.8) is 0 Å². The third-order valence-electron chi connectivity index (χ3n) is 0.722. The zero-order valence-corrected chi connectivity index (χ0v) is 7.44. The molecule has 1 aromatic heterocycles. The molecule has 0 bridgehead atoms. The molecule has 0 aliphatic heterocycles. The quantitative estimate of drug-likeness (QED) is 0.509. The van der Waals surface area contributed by atoms with Crippen molar-refractivity contribution < 1.29 is 4.73 Å². The molecule has 0 saturated carbocycles. The van der Waals surface area contributed by atoms with Crippen LogP contribution in [0.5, 0.6) is 0 Å². The van der Waals surface area contributed by atoms with E-state index in [0.29, 0.717) is 9.20 Å². The number of aromatic nitrogens is 1. The molecule has 0 unspecified atom stereocenters. The number of halogens is 2. The summed E-state index contributed by atoms with van der Waals surface area (Å²) >= 11 is 6.25. The number of hydrogen-bond acceptors (Lipinski definition) is 1. The molecule has 0 N–H and O–H groups in total. The highest BCUT2D eigenvalue weighted by molar-refractivity contribution is 9.11. The molecule has 0 aliphatic rings. The average Bonchev–Trinajstić information content (AvgIpc) is 1.59. The summed E-state index contributed by atoms with van der Waals surface area (Å²) in [7, 11) is 0. The molecule has 0 aromatic carbocycles. The molecular formula is C5H2Br2NO. The third kappa shape index (κ3) is 1.95. The lowest BCUT2D eigenvalue weighted by atomic mass is 10.5. The van der Waals surface area contributed by atoms with Crippen LogP contribution in [0.25, 0.3) is 0 Å². The van der Waals surface area contributed by atoms with Crippen molar-refractivity contribution in [3.05, 3.63) is 32.6 Å². The molecule has 1 aromatic rings. The molecule has 0 fully saturated rings. The number of nitrogens with zero attached hydrogens (tertiary/aromatic N) is 1. The fourth-order valence-corrected chi connectivity index (χ4v) is 1.58. The maximum Gasteiger partial charge on any atom is 0.305 e. The second kappa shape index (κ2) is 2.66. The first-order valence-corrected chi connectivity index (χ1v) is 3.74. The number of hydrogen-bond donors (Lipinski definition) is 0. The van der Waals surface area contributed by atoms with E-state index in [9.17, 15) is 5.21 Å². The van der Waals surface area contributed by atoms with Gasteiger partial charge < -0.3 is 5.21 Å². The van der Waals surface area contributed by atoms with E-state index in [1.54, 1.807) is 6.07 Å². The molecule has 0 atom stereocenters. The van der Waals surface area contributed by atoms with Gasteiger partial charge in [0.1, 0.15) is 0 Å². The topological polar surface area (TPSA) is 26.9 Å². The fourth-order valence-electron chi connectivity index (χ4n) is 0.440. The Hall–Kier alpha value is -0.0900. The van der Waals surface area contributed by atoms with Crippen molar-refractivity contribution in [1.82, 2.24) is 0 Å². The maximum atomic E-state index is 10.5. The van der Waals surface area contributed by atoms with Gasteiger partial charge in [0.25, 0.3) is 0 Å². The summed E-state index contributed by atoms with van der Waals surface area (Å²) in [5.74, 6) is 0. The van der Waals surface area contributed by atoms with Gasteiger partial charge in [-0.15, -0.1) is 0 Å². The Morgan fingerprint density at radius 3 is 2.67 bits per heavy atom. The Morgan fingerprint density at radius 1 is 1.56 bits per heavy atom. The van der Waals surface area contributed by atoms with Gasteiger partial charge in [0.2, 0.25) is 0 Å². The van der Waals surface area contributed by atoms with E-state index in [4.69, 9.17) is 0 Å². The highest BCUT2D eigenvalue weighted by Crippen LogP contribution is 2.12. The van der Waals surface area contributed by atoms with E-state index < -0.39 is 0 Å². The summed E-state index contributed by atoms with van der Waals surface area (Å²) < 4.78 is 1.99. The predicted molar refractivity (Wildman–Crippen MR) is 39.6 cm³/mol. The molecule has 0 amide bonds. The van der Waals surface area contributed by atoms with Crippen LogP contribution in [0, 0.1) is 11.4 Å². The molecule has 4 heteroatoms. The van der Waals surface area contributed by atoms with E-state index in [0.717, 1.165) is 4.47 Å². The molecule has 47 valence electrons. The van der Waals surface area contributed by atoms with Crippen LogP contribution in [0.4, 0.5) is 0 Å². The third-order valence-corrected chi connectivity index (χ3v) is 1.56. The first kappa shape index (κ1) is 7.02. The Balaban J connectivity index is 3.17. The molecule has 0 aliphatic carbocycles. The first-order chi connectivity index (χ1) is 4.18. The van der Waals surface area contributed by atoms with Crippen LogP contribution in [-0.4, -0.2) is 0 Å². The molecule has 1 radical (unpaired) electrons. The SMILES string of the molecule is [O-][n+]1[c]c(Br)cc(Br)c1. The van der Waals surface area contributed by atoms with Gasteiger partial charge in [0, 0.05) is 0 Å². The van der Waals surface area contributed by atoms with Gasteiger partial charge >= 0.3 is 6.20 Å². The molecular weight excluding hydrogens is 250 g/mol. The Labute approximate surface area is 69.3 Å². The molecule has 1 rings (SSSR count). The van der Waals surface area contributed by atoms with Gasteiger partial charge in [-0.2, -0.15) is 4.73 Å².